The van der Waals surface area contributed by atoms with Gasteiger partial charge >= 0.3 is 5.97 Å². The molecule has 1 aromatic heterocycles. The van der Waals surface area contributed by atoms with E-state index in [9.17, 15) is 14.4 Å². The molecule has 5 aromatic rings. The van der Waals surface area contributed by atoms with Gasteiger partial charge in [0.25, 0.3) is 11.8 Å². The second-order valence-electron chi connectivity index (χ2n) is 10.8. The molecule has 2 N–H and O–H groups in total. The maximum Gasteiger partial charge on any atom is 0.322 e. The first-order chi connectivity index (χ1) is 22.9. The minimum absolute atomic E-state index is 0.159. The van der Waals surface area contributed by atoms with E-state index in [-0.39, 0.29) is 12.5 Å². The predicted molar refractivity (Wildman–Crippen MR) is 177 cm³/mol. The molecule has 2 amide bonds. The molecule has 0 aliphatic heterocycles. The summed E-state index contributed by atoms with van der Waals surface area (Å²) in [6.45, 7) is 0.868. The Morgan fingerprint density at radius 1 is 0.745 bits per heavy atom. The number of benzene rings is 4. The van der Waals surface area contributed by atoms with Crippen molar-refractivity contribution in [2.45, 2.75) is 19.6 Å². The van der Waals surface area contributed by atoms with Gasteiger partial charge in [0.1, 0.15) is 31.3 Å². The lowest BCUT2D eigenvalue weighted by atomic mass is 9.98. The summed E-state index contributed by atoms with van der Waals surface area (Å²) in [6.07, 6.45) is 3.56. The van der Waals surface area contributed by atoms with Gasteiger partial charge in [-0.15, -0.1) is 0 Å². The van der Waals surface area contributed by atoms with Gasteiger partial charge in [0.05, 0.1) is 12.1 Å². The quantitative estimate of drug-likeness (QED) is 0.151. The molecule has 1 heterocycles. The molecule has 0 unspecified atom stereocenters. The van der Waals surface area contributed by atoms with E-state index in [0.717, 1.165) is 22.4 Å². The molecule has 9 heteroatoms. The van der Waals surface area contributed by atoms with Crippen molar-refractivity contribution in [3.63, 3.8) is 0 Å². The number of carboxylic acids is 1. The highest BCUT2D eigenvalue weighted by molar-refractivity contribution is 5.97. The molecule has 47 heavy (non-hydrogen) atoms. The molecule has 0 atom stereocenters. The molecule has 4 aromatic carbocycles. The highest BCUT2D eigenvalue weighted by atomic mass is 16.5. The summed E-state index contributed by atoms with van der Waals surface area (Å²) in [7, 11) is 0. The average Bonchev–Trinajstić information content (AvgIpc) is 3.11. The van der Waals surface area contributed by atoms with Crippen molar-refractivity contribution in [3.05, 3.63) is 161 Å². The van der Waals surface area contributed by atoms with Crippen molar-refractivity contribution >= 4 is 17.8 Å². The third kappa shape index (κ3) is 9.76. The first-order valence-electron chi connectivity index (χ1n) is 15.2. The van der Waals surface area contributed by atoms with Crippen molar-refractivity contribution in [3.8, 4) is 11.5 Å². The first-order valence-corrected chi connectivity index (χ1v) is 15.2. The molecule has 0 aliphatic rings. The van der Waals surface area contributed by atoms with Gasteiger partial charge in [-0.2, -0.15) is 0 Å². The van der Waals surface area contributed by atoms with E-state index in [1.807, 2.05) is 84.9 Å². The molecular formula is C38H35N3O6. The molecular weight excluding hydrogens is 594 g/mol. The highest BCUT2D eigenvalue weighted by Crippen LogP contribution is 2.23. The van der Waals surface area contributed by atoms with Crippen LogP contribution in [-0.4, -0.2) is 52.5 Å². The van der Waals surface area contributed by atoms with Crippen molar-refractivity contribution in [2.75, 3.05) is 19.7 Å². The summed E-state index contributed by atoms with van der Waals surface area (Å²) in [5.41, 5.74) is 4.48. The number of carbonyl (C=O) groups is 3. The number of hydrogen-bond donors (Lipinski definition) is 2. The molecule has 0 bridgehead atoms. The zero-order valence-corrected chi connectivity index (χ0v) is 25.7. The van der Waals surface area contributed by atoms with Crippen LogP contribution in [0.15, 0.2) is 128 Å². The van der Waals surface area contributed by atoms with Crippen molar-refractivity contribution in [1.29, 1.82) is 0 Å². The monoisotopic (exact) mass is 629 g/mol. The Balaban J connectivity index is 1.29. The lowest BCUT2D eigenvalue weighted by molar-refractivity contribution is -0.135. The van der Waals surface area contributed by atoms with Crippen molar-refractivity contribution < 1.29 is 29.0 Å². The number of aromatic nitrogens is 1. The van der Waals surface area contributed by atoms with Crippen LogP contribution in [0.2, 0.25) is 0 Å². The maximum atomic E-state index is 13.4. The van der Waals surface area contributed by atoms with Crippen LogP contribution in [-0.2, 0) is 24.4 Å². The molecule has 0 radical (unpaired) electrons. The fraction of sp³-hybridized carbons (Fsp3) is 0.158. The van der Waals surface area contributed by atoms with Crippen LogP contribution < -0.4 is 14.8 Å². The average molecular weight is 630 g/mol. The van der Waals surface area contributed by atoms with Gasteiger partial charge in [0, 0.05) is 24.5 Å². The summed E-state index contributed by atoms with van der Waals surface area (Å²) in [6, 6.07) is 35.8. The molecule has 0 saturated carbocycles. The minimum atomic E-state index is -1.13. The topological polar surface area (TPSA) is 118 Å². The molecule has 0 spiro atoms. The van der Waals surface area contributed by atoms with E-state index in [4.69, 9.17) is 14.6 Å². The zero-order chi connectivity index (χ0) is 32.8. The van der Waals surface area contributed by atoms with E-state index in [1.54, 1.807) is 47.6 Å². The second-order valence-corrected chi connectivity index (χ2v) is 10.8. The van der Waals surface area contributed by atoms with Crippen LogP contribution in [0.4, 0.5) is 0 Å². The van der Waals surface area contributed by atoms with Crippen LogP contribution >= 0.6 is 0 Å². The van der Waals surface area contributed by atoms with Gasteiger partial charge in [-0.3, -0.25) is 19.4 Å². The number of carbonyl (C=O) groups excluding carboxylic acids is 2. The fourth-order valence-corrected chi connectivity index (χ4v) is 4.94. The van der Waals surface area contributed by atoms with Gasteiger partial charge < -0.3 is 24.8 Å². The van der Waals surface area contributed by atoms with Gasteiger partial charge in [-0.25, -0.2) is 0 Å². The van der Waals surface area contributed by atoms with Crippen LogP contribution in [0.5, 0.6) is 11.5 Å². The lowest BCUT2D eigenvalue weighted by Gasteiger charge is -2.23. The Bertz CT molecular complexity index is 1760. The lowest BCUT2D eigenvalue weighted by Crippen LogP contribution is -2.34. The summed E-state index contributed by atoms with van der Waals surface area (Å²) < 4.78 is 12.0. The largest absolute Gasteiger partial charge is 0.492 e. The zero-order valence-electron chi connectivity index (χ0n) is 25.7. The number of amides is 2. The molecule has 238 valence electrons. The number of aliphatic carboxylic acids is 1. The predicted octanol–water partition coefficient (Wildman–Crippen LogP) is 5.79. The number of ether oxygens (including phenoxy) is 2. The number of rotatable bonds is 15. The standard InChI is InChI=1S/C38H35N3O6/c42-36(43)25-40-37(44)35-18-17-34(23-32(35)22-28-13-15-33(16-14-28)47-27-30-10-5-2-6-11-30)46-21-20-41(26-29-8-3-1-4-9-29)38(45)31-12-7-19-39-24-31/h1-19,23-24H,20-22,25-27H2,(H,40,44)(H,42,43). The number of nitrogens with one attached hydrogen (secondary N) is 1. The maximum absolute atomic E-state index is 13.4. The van der Waals surface area contributed by atoms with E-state index in [1.165, 1.54) is 0 Å². The molecule has 0 saturated heterocycles. The molecule has 0 fully saturated rings. The Kier molecular flexibility index (Phi) is 11.3. The van der Waals surface area contributed by atoms with Crippen LogP contribution in [0.1, 0.15) is 43.0 Å². The summed E-state index contributed by atoms with van der Waals surface area (Å²) in [5.74, 6) is -0.548. The first kappa shape index (κ1) is 32.4. The van der Waals surface area contributed by atoms with Gasteiger partial charge in [-0.05, 0) is 71.1 Å². The van der Waals surface area contributed by atoms with Gasteiger partial charge in [-0.1, -0.05) is 72.8 Å². The SMILES string of the molecule is O=C(O)CNC(=O)c1ccc(OCCN(Cc2ccccc2)C(=O)c2cccnc2)cc1Cc1ccc(OCc2ccccc2)cc1. The third-order valence-corrected chi connectivity index (χ3v) is 7.33. The summed E-state index contributed by atoms with van der Waals surface area (Å²) in [5, 5.41) is 11.5. The fourth-order valence-electron chi connectivity index (χ4n) is 4.94. The number of pyridine rings is 1. The Hall–Kier alpha value is -5.96. The van der Waals surface area contributed by atoms with Crippen molar-refractivity contribution in [2.24, 2.45) is 0 Å². The molecule has 9 nitrogen and oxygen atoms in total. The normalized spacial score (nSPS) is 10.6. The van der Waals surface area contributed by atoms with Crippen LogP contribution in [0.25, 0.3) is 0 Å². The third-order valence-electron chi connectivity index (χ3n) is 7.33. The summed E-state index contributed by atoms with van der Waals surface area (Å²) >= 11 is 0. The minimum Gasteiger partial charge on any atom is -0.492 e. The highest BCUT2D eigenvalue weighted by Gasteiger charge is 2.18. The van der Waals surface area contributed by atoms with E-state index < -0.39 is 18.4 Å². The number of carboxylic acid groups (broad SMARTS) is 1. The van der Waals surface area contributed by atoms with Crippen molar-refractivity contribution in [1.82, 2.24) is 15.2 Å². The van der Waals surface area contributed by atoms with E-state index >= 15 is 0 Å². The number of hydrogen-bond acceptors (Lipinski definition) is 6. The van der Waals surface area contributed by atoms with E-state index in [2.05, 4.69) is 10.3 Å². The Morgan fingerprint density at radius 2 is 1.45 bits per heavy atom. The second kappa shape index (κ2) is 16.4. The molecule has 0 aliphatic carbocycles. The molecule has 5 rings (SSSR count). The van der Waals surface area contributed by atoms with Gasteiger partial charge in [0.15, 0.2) is 0 Å². The smallest absolute Gasteiger partial charge is 0.322 e. The van der Waals surface area contributed by atoms with E-state index in [0.29, 0.717) is 48.6 Å². The number of nitrogens with zero attached hydrogens (tertiary/aromatic N) is 2. The Morgan fingerprint density at radius 3 is 2.13 bits per heavy atom. The van der Waals surface area contributed by atoms with Gasteiger partial charge in [0.2, 0.25) is 0 Å². The summed E-state index contributed by atoms with van der Waals surface area (Å²) in [4.78, 5) is 43.2. The Labute approximate surface area is 273 Å². The van der Waals surface area contributed by atoms with Crippen LogP contribution in [0.3, 0.4) is 0 Å². The van der Waals surface area contributed by atoms with Crippen LogP contribution in [0, 0.1) is 0 Å².